The smallest absolute Gasteiger partial charge is 0.122 e. The summed E-state index contributed by atoms with van der Waals surface area (Å²) in [5.74, 6) is 0.961. The highest BCUT2D eigenvalue weighted by molar-refractivity contribution is 5.44. The van der Waals surface area contributed by atoms with Crippen molar-refractivity contribution in [3.8, 4) is 5.75 Å². The zero-order chi connectivity index (χ0) is 11.8. The number of methoxy groups -OCH3 is 1. The minimum absolute atomic E-state index is 0.0961. The first kappa shape index (κ1) is 11.5. The van der Waals surface area contributed by atoms with Crippen LogP contribution in [0.5, 0.6) is 5.75 Å². The molecule has 88 valence electrons. The fourth-order valence-corrected chi connectivity index (χ4v) is 2.82. The van der Waals surface area contributed by atoms with Crippen LogP contribution in [0.3, 0.4) is 0 Å². The highest BCUT2D eigenvalue weighted by atomic mass is 16.5. The largest absolute Gasteiger partial charge is 0.496 e. The minimum atomic E-state index is -0.0961. The molecular formula is C14H21NO. The third-order valence-electron chi connectivity index (χ3n) is 3.77. The van der Waals surface area contributed by atoms with Crippen LogP contribution in [0.4, 0.5) is 0 Å². The van der Waals surface area contributed by atoms with Crippen LogP contribution >= 0.6 is 0 Å². The van der Waals surface area contributed by atoms with E-state index in [-0.39, 0.29) is 5.54 Å². The van der Waals surface area contributed by atoms with Crippen LogP contribution in [0.15, 0.2) is 12.1 Å². The van der Waals surface area contributed by atoms with Gasteiger partial charge in [-0.3, -0.25) is 0 Å². The van der Waals surface area contributed by atoms with Crippen molar-refractivity contribution < 1.29 is 4.74 Å². The van der Waals surface area contributed by atoms with E-state index in [0.717, 1.165) is 18.6 Å². The maximum Gasteiger partial charge on any atom is 0.122 e. The molecule has 0 heterocycles. The molecule has 1 aromatic rings. The molecule has 0 aromatic heterocycles. The molecule has 1 fully saturated rings. The molecule has 0 aliphatic heterocycles. The topological polar surface area (TPSA) is 35.2 Å². The molecule has 1 aliphatic carbocycles. The monoisotopic (exact) mass is 219 g/mol. The lowest BCUT2D eigenvalue weighted by Gasteiger charge is -2.27. The van der Waals surface area contributed by atoms with Gasteiger partial charge in [0.1, 0.15) is 5.75 Å². The summed E-state index contributed by atoms with van der Waals surface area (Å²) in [6.45, 7) is 4.21. The first-order valence-electron chi connectivity index (χ1n) is 6.01. The van der Waals surface area contributed by atoms with Crippen molar-refractivity contribution in [1.82, 2.24) is 0 Å². The SMILES string of the molecule is COc1cc(C)c(C2(N)CCCC2)cc1C. The molecule has 2 nitrogen and oxygen atoms in total. The number of benzene rings is 1. The van der Waals surface area contributed by atoms with Crippen LogP contribution < -0.4 is 10.5 Å². The number of hydrogen-bond donors (Lipinski definition) is 1. The third kappa shape index (κ3) is 1.82. The molecule has 0 unspecified atom stereocenters. The van der Waals surface area contributed by atoms with Crippen LogP contribution in [0.25, 0.3) is 0 Å². The van der Waals surface area contributed by atoms with E-state index in [1.165, 1.54) is 29.5 Å². The maximum atomic E-state index is 6.50. The van der Waals surface area contributed by atoms with Crippen molar-refractivity contribution in [3.63, 3.8) is 0 Å². The summed E-state index contributed by atoms with van der Waals surface area (Å²) in [6.07, 6.45) is 4.72. The van der Waals surface area contributed by atoms with E-state index in [4.69, 9.17) is 10.5 Å². The Kier molecular flexibility index (Phi) is 2.94. The lowest BCUT2D eigenvalue weighted by atomic mass is 9.85. The highest BCUT2D eigenvalue weighted by Crippen LogP contribution is 2.39. The molecule has 1 saturated carbocycles. The van der Waals surface area contributed by atoms with Gasteiger partial charge in [-0.1, -0.05) is 18.9 Å². The highest BCUT2D eigenvalue weighted by Gasteiger charge is 2.32. The number of nitrogens with two attached hydrogens (primary N) is 1. The number of rotatable bonds is 2. The molecule has 1 aliphatic rings. The van der Waals surface area contributed by atoms with Crippen molar-refractivity contribution in [2.24, 2.45) is 5.73 Å². The Morgan fingerprint density at radius 3 is 2.31 bits per heavy atom. The van der Waals surface area contributed by atoms with Crippen molar-refractivity contribution in [2.75, 3.05) is 7.11 Å². The lowest BCUT2D eigenvalue weighted by molar-refractivity contribution is 0.408. The lowest BCUT2D eigenvalue weighted by Crippen LogP contribution is -2.34. The Balaban J connectivity index is 2.45. The fourth-order valence-electron chi connectivity index (χ4n) is 2.82. The predicted molar refractivity (Wildman–Crippen MR) is 66.8 cm³/mol. The van der Waals surface area contributed by atoms with Crippen LogP contribution in [0.1, 0.15) is 42.4 Å². The average Bonchev–Trinajstić information content (AvgIpc) is 2.69. The molecule has 2 heteroatoms. The van der Waals surface area contributed by atoms with Gasteiger partial charge in [0.15, 0.2) is 0 Å². The summed E-state index contributed by atoms with van der Waals surface area (Å²) in [7, 11) is 1.72. The van der Waals surface area contributed by atoms with Gasteiger partial charge in [-0.25, -0.2) is 0 Å². The summed E-state index contributed by atoms with van der Waals surface area (Å²) in [5, 5.41) is 0. The fraction of sp³-hybridized carbons (Fsp3) is 0.571. The maximum absolute atomic E-state index is 6.50. The van der Waals surface area contributed by atoms with Gasteiger partial charge in [0.05, 0.1) is 7.11 Å². The Hall–Kier alpha value is -1.02. The second-order valence-electron chi connectivity index (χ2n) is 5.00. The Labute approximate surface area is 97.8 Å². The zero-order valence-corrected chi connectivity index (χ0v) is 10.5. The molecule has 0 radical (unpaired) electrons. The summed E-state index contributed by atoms with van der Waals surface area (Å²) in [5.41, 5.74) is 10.2. The van der Waals surface area contributed by atoms with Crippen LogP contribution in [-0.4, -0.2) is 7.11 Å². The third-order valence-corrected chi connectivity index (χ3v) is 3.77. The van der Waals surface area contributed by atoms with Gasteiger partial charge in [0.2, 0.25) is 0 Å². The van der Waals surface area contributed by atoms with E-state index >= 15 is 0 Å². The van der Waals surface area contributed by atoms with Gasteiger partial charge in [0.25, 0.3) is 0 Å². The predicted octanol–water partition coefficient (Wildman–Crippen LogP) is 3.04. The Morgan fingerprint density at radius 1 is 1.12 bits per heavy atom. The van der Waals surface area contributed by atoms with Gasteiger partial charge in [-0.05, 0) is 49.4 Å². The molecular weight excluding hydrogens is 198 g/mol. The van der Waals surface area contributed by atoms with Gasteiger partial charge >= 0.3 is 0 Å². The van der Waals surface area contributed by atoms with Crippen LogP contribution in [-0.2, 0) is 5.54 Å². The molecule has 0 amide bonds. The molecule has 1 aromatic carbocycles. The Morgan fingerprint density at radius 2 is 1.75 bits per heavy atom. The molecule has 0 bridgehead atoms. The second-order valence-corrected chi connectivity index (χ2v) is 5.00. The van der Waals surface area contributed by atoms with E-state index in [2.05, 4.69) is 26.0 Å². The molecule has 0 atom stereocenters. The normalized spacial score (nSPS) is 18.8. The quantitative estimate of drug-likeness (QED) is 0.829. The first-order chi connectivity index (χ1) is 7.57. The van der Waals surface area contributed by atoms with Crippen LogP contribution in [0.2, 0.25) is 0 Å². The van der Waals surface area contributed by atoms with Crippen molar-refractivity contribution in [2.45, 2.75) is 45.1 Å². The average molecular weight is 219 g/mol. The molecule has 0 saturated heterocycles. The number of ether oxygens (including phenoxy) is 1. The van der Waals surface area contributed by atoms with Gasteiger partial charge in [-0.15, -0.1) is 0 Å². The van der Waals surface area contributed by atoms with Gasteiger partial charge < -0.3 is 10.5 Å². The first-order valence-corrected chi connectivity index (χ1v) is 6.01. The van der Waals surface area contributed by atoms with Gasteiger partial charge in [-0.2, -0.15) is 0 Å². The summed E-state index contributed by atoms with van der Waals surface area (Å²) >= 11 is 0. The summed E-state index contributed by atoms with van der Waals surface area (Å²) < 4.78 is 5.34. The van der Waals surface area contributed by atoms with E-state index in [1.807, 2.05) is 0 Å². The van der Waals surface area contributed by atoms with E-state index < -0.39 is 0 Å². The standard InChI is InChI=1S/C14H21NO/c1-10-9-13(16-3)11(2)8-12(10)14(15)6-4-5-7-14/h8-9H,4-7,15H2,1-3H3. The van der Waals surface area contributed by atoms with Crippen molar-refractivity contribution in [3.05, 3.63) is 28.8 Å². The van der Waals surface area contributed by atoms with Gasteiger partial charge in [0, 0.05) is 5.54 Å². The minimum Gasteiger partial charge on any atom is -0.496 e. The molecule has 16 heavy (non-hydrogen) atoms. The summed E-state index contributed by atoms with van der Waals surface area (Å²) in [4.78, 5) is 0. The summed E-state index contributed by atoms with van der Waals surface area (Å²) in [6, 6.07) is 4.32. The van der Waals surface area contributed by atoms with E-state index in [9.17, 15) is 0 Å². The second kappa shape index (κ2) is 4.10. The zero-order valence-electron chi connectivity index (χ0n) is 10.5. The van der Waals surface area contributed by atoms with Crippen molar-refractivity contribution in [1.29, 1.82) is 0 Å². The van der Waals surface area contributed by atoms with E-state index in [1.54, 1.807) is 7.11 Å². The van der Waals surface area contributed by atoms with Crippen LogP contribution in [0, 0.1) is 13.8 Å². The van der Waals surface area contributed by atoms with E-state index in [0.29, 0.717) is 0 Å². The molecule has 2 N–H and O–H groups in total. The van der Waals surface area contributed by atoms with Crippen molar-refractivity contribution >= 4 is 0 Å². The number of hydrogen-bond acceptors (Lipinski definition) is 2. The molecule has 0 spiro atoms. The Bertz CT molecular complexity index is 392. The number of aryl methyl sites for hydroxylation is 2. The molecule has 2 rings (SSSR count).